The minimum absolute atomic E-state index is 1.33. The number of benzene rings is 15. The van der Waals surface area contributed by atoms with Crippen molar-refractivity contribution < 1.29 is 0 Å². The van der Waals surface area contributed by atoms with Crippen LogP contribution in [0, 0.1) is 0 Å². The maximum atomic E-state index is 2.25. The first-order chi connectivity index (χ1) is 30.8. The molecule has 0 nitrogen and oxygen atoms in total. The predicted octanol–water partition coefficient (Wildman–Crippen LogP) is 18.2. The van der Waals surface area contributed by atoms with E-state index in [0.29, 0.717) is 0 Å². The minimum atomic E-state index is 1.33. The largest absolute Gasteiger partial charge is 0.0683 e. The van der Waals surface area contributed by atoms with Crippen LogP contribution in [0.2, 0.25) is 0 Å². The first kappa shape index (κ1) is 36.1. The van der Waals surface area contributed by atoms with Crippen LogP contribution in [0.4, 0.5) is 0 Å². The molecule has 0 spiro atoms. The van der Waals surface area contributed by atoms with Crippen LogP contribution in [0.15, 0.2) is 218 Å². The average molecular weight is 787 g/mol. The van der Waals surface area contributed by atoms with Gasteiger partial charge in [0.1, 0.15) is 0 Å². The molecule has 0 amide bonds. The molecule has 0 atom stereocenters. The van der Waals surface area contributed by atoms with Crippen molar-refractivity contribution in [2.24, 2.45) is 0 Å². The summed E-state index contributed by atoms with van der Waals surface area (Å²) in [7, 11) is 0. The van der Waals surface area contributed by atoms with Crippen molar-refractivity contribution in [1.82, 2.24) is 0 Å². The molecule has 0 saturated carbocycles. The first-order valence-electron chi connectivity index (χ1n) is 21.9. The highest BCUT2D eigenvalue weighted by Crippen LogP contribution is 2.42. The summed E-state index contributed by atoms with van der Waals surface area (Å²) in [5.74, 6) is 0. The molecule has 0 aliphatic rings. The van der Waals surface area contributed by atoms with Gasteiger partial charge in [0, 0.05) is 0 Å². The maximum Gasteiger partial charge on any atom is -0.00264 e. The molecule has 15 rings (SSSR count). The van der Waals surface area contributed by atoms with E-state index < -0.39 is 0 Å². The molecule has 0 radical (unpaired) electrons. The van der Waals surface area contributed by atoms with E-state index in [9.17, 15) is 0 Å². The second-order valence-electron chi connectivity index (χ2n) is 16.3. The normalized spacial score (nSPS) is 11.7. The Labute approximate surface area is 359 Å². The summed E-state index contributed by atoms with van der Waals surface area (Å²) in [6.07, 6.45) is 0. The number of rotatable bonds is 0. The molecule has 0 aliphatic heterocycles. The van der Waals surface area contributed by atoms with Crippen molar-refractivity contribution >= 4 is 129 Å². The molecule has 62 heavy (non-hydrogen) atoms. The van der Waals surface area contributed by atoms with Gasteiger partial charge in [-0.15, -0.1) is 0 Å². The van der Waals surface area contributed by atoms with Gasteiger partial charge in [0.05, 0.1) is 0 Å². The molecular formula is C62H42. The van der Waals surface area contributed by atoms with Gasteiger partial charge in [-0.1, -0.05) is 232 Å². The van der Waals surface area contributed by atoms with Gasteiger partial charge < -0.3 is 0 Å². The SMILES string of the molecule is CC.c1cc2cccc3c4cccc5cccc(c(c1)c23)c54.c1cc2cccc3c4cccc5cccc(c(c1)c23)c54.c1cc2cccc3c4cccc5cccc(c(c1)c23)c54. The third kappa shape index (κ3) is 5.33. The van der Waals surface area contributed by atoms with Crippen LogP contribution < -0.4 is 0 Å². The van der Waals surface area contributed by atoms with E-state index in [1.807, 2.05) is 13.8 Å². The third-order valence-electron chi connectivity index (χ3n) is 13.2. The lowest BCUT2D eigenvalue weighted by molar-refractivity contribution is 1.50. The van der Waals surface area contributed by atoms with Crippen molar-refractivity contribution in [3.05, 3.63) is 218 Å². The number of hydrogen-bond acceptors (Lipinski definition) is 0. The van der Waals surface area contributed by atoms with Gasteiger partial charge in [0.2, 0.25) is 0 Å². The quantitative estimate of drug-likeness (QED) is 0.106. The Bertz CT molecular complexity index is 3180. The van der Waals surface area contributed by atoms with Gasteiger partial charge in [0.25, 0.3) is 0 Å². The van der Waals surface area contributed by atoms with Crippen molar-refractivity contribution in [1.29, 1.82) is 0 Å². The summed E-state index contributed by atoms with van der Waals surface area (Å²) >= 11 is 0. The van der Waals surface area contributed by atoms with Crippen molar-refractivity contribution in [3.63, 3.8) is 0 Å². The van der Waals surface area contributed by atoms with Gasteiger partial charge in [-0.05, 0) is 129 Å². The lowest BCUT2D eigenvalue weighted by Crippen LogP contribution is -1.85. The lowest BCUT2D eigenvalue weighted by Gasteiger charge is -2.13. The molecule has 0 fully saturated rings. The molecule has 0 bridgehead atoms. The summed E-state index contributed by atoms with van der Waals surface area (Å²) < 4.78 is 0. The maximum absolute atomic E-state index is 2.25. The highest BCUT2D eigenvalue weighted by molar-refractivity contribution is 6.35. The van der Waals surface area contributed by atoms with Gasteiger partial charge in [-0.2, -0.15) is 0 Å². The van der Waals surface area contributed by atoms with Crippen LogP contribution in [0.25, 0.3) is 129 Å². The van der Waals surface area contributed by atoms with Crippen LogP contribution in [0.1, 0.15) is 13.8 Å². The fourth-order valence-electron chi connectivity index (χ4n) is 10.7. The zero-order chi connectivity index (χ0) is 41.3. The van der Waals surface area contributed by atoms with E-state index in [2.05, 4.69) is 218 Å². The fourth-order valence-corrected chi connectivity index (χ4v) is 10.7. The monoisotopic (exact) mass is 786 g/mol. The third-order valence-corrected chi connectivity index (χ3v) is 13.2. The molecule has 0 heterocycles. The van der Waals surface area contributed by atoms with Crippen molar-refractivity contribution in [2.75, 3.05) is 0 Å². The second kappa shape index (κ2) is 14.4. The van der Waals surface area contributed by atoms with Crippen molar-refractivity contribution in [2.45, 2.75) is 13.8 Å². The molecule has 15 aromatic carbocycles. The van der Waals surface area contributed by atoms with Crippen LogP contribution in [0.5, 0.6) is 0 Å². The van der Waals surface area contributed by atoms with E-state index in [-0.39, 0.29) is 0 Å². The lowest BCUT2D eigenvalue weighted by atomic mass is 9.90. The second-order valence-corrected chi connectivity index (χ2v) is 16.3. The molecule has 0 aromatic heterocycles. The van der Waals surface area contributed by atoms with E-state index >= 15 is 0 Å². The molecule has 0 N–H and O–H groups in total. The highest BCUT2D eigenvalue weighted by atomic mass is 14.2. The van der Waals surface area contributed by atoms with E-state index in [4.69, 9.17) is 0 Å². The molecule has 0 unspecified atom stereocenters. The smallest absolute Gasteiger partial charge is 0.00264 e. The zero-order valence-corrected chi connectivity index (χ0v) is 34.8. The Morgan fingerprint density at radius 3 is 0.339 bits per heavy atom. The topological polar surface area (TPSA) is 0 Å². The van der Waals surface area contributed by atoms with E-state index in [0.717, 1.165) is 0 Å². The summed E-state index contributed by atoms with van der Waals surface area (Å²) in [6.45, 7) is 4.00. The van der Waals surface area contributed by atoms with E-state index in [1.165, 1.54) is 129 Å². The Balaban J connectivity index is 0.0000000972. The van der Waals surface area contributed by atoms with Crippen molar-refractivity contribution in [3.8, 4) is 0 Å². The molecule has 15 aromatic rings. The Morgan fingerprint density at radius 1 is 0.145 bits per heavy atom. The Hall–Kier alpha value is -7.80. The van der Waals surface area contributed by atoms with Crippen LogP contribution in [-0.4, -0.2) is 0 Å². The Morgan fingerprint density at radius 2 is 0.242 bits per heavy atom. The van der Waals surface area contributed by atoms with Gasteiger partial charge in [0.15, 0.2) is 0 Å². The predicted molar refractivity (Wildman–Crippen MR) is 274 cm³/mol. The minimum Gasteiger partial charge on any atom is -0.0683 e. The molecular weight excluding hydrogens is 745 g/mol. The molecule has 0 heteroatoms. The fraction of sp³-hybridized carbons (Fsp3) is 0.0323. The summed E-state index contributed by atoms with van der Waals surface area (Å²) in [6, 6.07) is 79.3. The van der Waals surface area contributed by atoms with Crippen LogP contribution in [-0.2, 0) is 0 Å². The molecule has 0 aliphatic carbocycles. The van der Waals surface area contributed by atoms with Gasteiger partial charge in [-0.25, -0.2) is 0 Å². The molecule has 0 saturated heterocycles. The number of hydrogen-bond donors (Lipinski definition) is 0. The van der Waals surface area contributed by atoms with Gasteiger partial charge >= 0.3 is 0 Å². The zero-order valence-electron chi connectivity index (χ0n) is 34.8. The average Bonchev–Trinajstić information content (AvgIpc) is 3.35. The summed E-state index contributed by atoms with van der Waals surface area (Å²) in [5, 5.41) is 32.7. The first-order valence-corrected chi connectivity index (χ1v) is 21.9. The Kier molecular flexibility index (Phi) is 8.40. The molecule has 290 valence electrons. The highest BCUT2D eigenvalue weighted by Gasteiger charge is 2.14. The van der Waals surface area contributed by atoms with E-state index in [1.54, 1.807) is 0 Å². The summed E-state index contributed by atoms with van der Waals surface area (Å²) in [5.41, 5.74) is 0. The van der Waals surface area contributed by atoms with Gasteiger partial charge in [-0.3, -0.25) is 0 Å². The van der Waals surface area contributed by atoms with Crippen LogP contribution in [0.3, 0.4) is 0 Å². The van der Waals surface area contributed by atoms with Crippen LogP contribution >= 0.6 is 0 Å². The standard InChI is InChI=1S/3C20H12.C2H6/c3*1-5-13-6-2-11-17-18-12-4-8-14-7-3-10-16(20(14)18)15(9-1)19(13)17;1-2/h3*1-12H;1-2H3. The summed E-state index contributed by atoms with van der Waals surface area (Å²) in [4.78, 5) is 0. The number of fused-ring (bicyclic) bond motifs is 6.